The van der Waals surface area contributed by atoms with Crippen LogP contribution >= 0.6 is 0 Å². The van der Waals surface area contributed by atoms with Crippen LogP contribution in [-0.2, 0) is 17.1 Å². The largest absolute Gasteiger partial charge is 0.238 e. The molecule has 5 aromatic rings. The van der Waals surface area contributed by atoms with E-state index in [0.29, 0.717) is 28.4 Å². The molecule has 5 rings (SSSR count). The maximum Gasteiger partial charge on any atom is 0.187 e. The molecule has 0 aromatic heterocycles. The summed E-state index contributed by atoms with van der Waals surface area (Å²) in [6, 6.07) is 37.6. The molecular weight excluding hydrogens is 606 g/mol. The Bertz CT molecular complexity index is 1470. The van der Waals surface area contributed by atoms with Gasteiger partial charge in [-0.05, 0) is 34.6 Å². The summed E-state index contributed by atoms with van der Waals surface area (Å²) in [6.45, 7) is 43.2. The van der Waals surface area contributed by atoms with Gasteiger partial charge in [-0.2, -0.15) is 0 Å². The van der Waals surface area contributed by atoms with Crippen LogP contribution in [0.25, 0.3) is 24.2 Å². The van der Waals surface area contributed by atoms with Crippen molar-refractivity contribution in [3.63, 3.8) is 0 Å². The van der Waals surface area contributed by atoms with Crippen molar-refractivity contribution >= 4 is 28.4 Å². The Hall–Kier alpha value is -5.93. The first-order chi connectivity index (χ1) is 21.6. The SMILES string of the molecule is [C-]#[N+]c1ccc(C)cc1.[C-]#[N+]c1ccc(C)cc1.[C-]#[N+]c1ccc(C)cc1.[C-]#[N+]c1ccc(C)cc1.[C-]#[N+]c1ccc(C)cc1.[Fe]. The Balaban J connectivity index is 0.000000547. The molecule has 0 saturated carbocycles. The fraction of sp³-hybridized carbons (Fsp3) is 0.125. The monoisotopic (exact) mass is 641 g/mol. The molecule has 0 spiro atoms. The number of rotatable bonds is 0. The van der Waals surface area contributed by atoms with Crippen molar-refractivity contribution in [2.45, 2.75) is 34.6 Å². The normalized spacial score (nSPS) is 8.26. The first-order valence-corrected chi connectivity index (χ1v) is 13.8. The predicted octanol–water partition coefficient (Wildman–Crippen LogP) is 12.7. The van der Waals surface area contributed by atoms with Gasteiger partial charge in [-0.25, -0.2) is 24.2 Å². The van der Waals surface area contributed by atoms with Gasteiger partial charge in [0.25, 0.3) is 0 Å². The summed E-state index contributed by atoms with van der Waals surface area (Å²) < 4.78 is 0. The fourth-order valence-corrected chi connectivity index (χ4v) is 3.10. The Morgan fingerprint density at radius 3 is 0.457 bits per heavy atom. The molecule has 0 atom stereocenters. The zero-order valence-corrected chi connectivity index (χ0v) is 27.7. The molecule has 46 heavy (non-hydrogen) atoms. The second-order valence-electron chi connectivity index (χ2n) is 9.74. The van der Waals surface area contributed by atoms with Crippen LogP contribution in [0.1, 0.15) is 27.8 Å². The smallest absolute Gasteiger partial charge is 0.187 e. The van der Waals surface area contributed by atoms with Gasteiger partial charge in [-0.1, -0.05) is 149 Å². The van der Waals surface area contributed by atoms with Gasteiger partial charge in [-0.15, -0.1) is 0 Å². The van der Waals surface area contributed by atoms with Crippen LogP contribution in [0.5, 0.6) is 0 Å². The van der Waals surface area contributed by atoms with Crippen LogP contribution in [-0.4, -0.2) is 0 Å². The minimum atomic E-state index is 0. The molecule has 0 N–H and O–H groups in total. The van der Waals surface area contributed by atoms with Gasteiger partial charge in [-0.3, -0.25) is 0 Å². The van der Waals surface area contributed by atoms with E-state index in [1.807, 2.05) is 156 Å². The number of hydrogen-bond donors (Lipinski definition) is 0. The van der Waals surface area contributed by atoms with Crippen molar-refractivity contribution in [1.82, 2.24) is 0 Å². The van der Waals surface area contributed by atoms with Crippen LogP contribution in [0.4, 0.5) is 28.4 Å². The van der Waals surface area contributed by atoms with Crippen molar-refractivity contribution < 1.29 is 17.1 Å². The van der Waals surface area contributed by atoms with E-state index in [1.54, 1.807) is 0 Å². The van der Waals surface area contributed by atoms with E-state index in [-0.39, 0.29) is 17.1 Å². The minimum Gasteiger partial charge on any atom is -0.238 e. The van der Waals surface area contributed by atoms with Gasteiger partial charge >= 0.3 is 0 Å². The van der Waals surface area contributed by atoms with E-state index in [4.69, 9.17) is 32.9 Å². The third-order valence-corrected chi connectivity index (χ3v) is 5.82. The van der Waals surface area contributed by atoms with Crippen LogP contribution in [0.3, 0.4) is 0 Å². The van der Waals surface area contributed by atoms with Crippen LogP contribution in [0.2, 0.25) is 0 Å². The van der Waals surface area contributed by atoms with Gasteiger partial charge in [0, 0.05) is 17.1 Å². The summed E-state index contributed by atoms with van der Waals surface area (Å²) in [7, 11) is 0. The van der Waals surface area contributed by atoms with Crippen molar-refractivity contribution in [2.24, 2.45) is 0 Å². The number of nitrogens with zero attached hydrogens (tertiary/aromatic N) is 5. The average Bonchev–Trinajstić information content (AvgIpc) is 3.08. The molecule has 5 nitrogen and oxygen atoms in total. The predicted molar refractivity (Wildman–Crippen MR) is 187 cm³/mol. The summed E-state index contributed by atoms with van der Waals surface area (Å²) >= 11 is 0. The van der Waals surface area contributed by atoms with E-state index in [9.17, 15) is 0 Å². The molecule has 0 aliphatic carbocycles. The molecule has 0 amide bonds. The summed E-state index contributed by atoms with van der Waals surface area (Å²) in [6.07, 6.45) is 0. The Labute approximate surface area is 285 Å². The van der Waals surface area contributed by atoms with E-state index in [1.165, 1.54) is 27.8 Å². The number of hydrogen-bond acceptors (Lipinski definition) is 0. The van der Waals surface area contributed by atoms with Crippen molar-refractivity contribution in [1.29, 1.82) is 0 Å². The van der Waals surface area contributed by atoms with Crippen molar-refractivity contribution in [3.8, 4) is 0 Å². The van der Waals surface area contributed by atoms with Gasteiger partial charge < -0.3 is 0 Å². The van der Waals surface area contributed by atoms with Gasteiger partial charge in [0.1, 0.15) is 0 Å². The van der Waals surface area contributed by atoms with Crippen LogP contribution in [0.15, 0.2) is 121 Å². The molecule has 0 bridgehead atoms. The van der Waals surface area contributed by atoms with Crippen molar-refractivity contribution in [2.75, 3.05) is 0 Å². The number of aryl methyl sites for hydroxylation is 5. The molecule has 5 aromatic carbocycles. The molecule has 0 radical (unpaired) electrons. The Morgan fingerprint density at radius 2 is 0.370 bits per heavy atom. The van der Waals surface area contributed by atoms with E-state index >= 15 is 0 Å². The Kier molecular flexibility index (Phi) is 20.5. The number of benzene rings is 5. The van der Waals surface area contributed by atoms with Crippen LogP contribution < -0.4 is 0 Å². The van der Waals surface area contributed by atoms with Crippen molar-refractivity contribution in [3.05, 3.63) is 206 Å². The summed E-state index contributed by atoms with van der Waals surface area (Å²) in [5.41, 5.74) is 9.53. The molecule has 0 unspecified atom stereocenters. The fourth-order valence-electron chi connectivity index (χ4n) is 3.10. The third-order valence-electron chi connectivity index (χ3n) is 5.82. The summed E-state index contributed by atoms with van der Waals surface area (Å²) in [4.78, 5) is 16.3. The standard InChI is InChI=1S/5C8H7N.Fe/c5*1-7-3-5-8(9-2)6-4-7;/h5*3-6H,1H3;. The minimum absolute atomic E-state index is 0. The average molecular weight is 642 g/mol. The van der Waals surface area contributed by atoms with Gasteiger partial charge in [0.05, 0.1) is 32.9 Å². The quantitative estimate of drug-likeness (QED) is 0.119. The van der Waals surface area contributed by atoms with E-state index in [2.05, 4.69) is 24.2 Å². The zero-order chi connectivity index (χ0) is 33.5. The first kappa shape index (κ1) is 40.1. The second kappa shape index (κ2) is 23.5. The third kappa shape index (κ3) is 17.9. The maximum atomic E-state index is 6.64. The summed E-state index contributed by atoms with van der Waals surface area (Å²) in [5.74, 6) is 0. The molecule has 0 saturated heterocycles. The molecule has 0 fully saturated rings. The van der Waals surface area contributed by atoms with Gasteiger partial charge in [0.2, 0.25) is 0 Å². The molecule has 0 aliphatic rings. The molecule has 0 heterocycles. The van der Waals surface area contributed by atoms with Gasteiger partial charge in [0.15, 0.2) is 28.4 Å². The topological polar surface area (TPSA) is 21.8 Å². The van der Waals surface area contributed by atoms with E-state index < -0.39 is 0 Å². The van der Waals surface area contributed by atoms with Crippen LogP contribution in [0, 0.1) is 67.5 Å². The molecular formula is C40H35FeN5. The maximum absolute atomic E-state index is 6.64. The van der Waals surface area contributed by atoms with E-state index in [0.717, 1.165) is 0 Å². The zero-order valence-electron chi connectivity index (χ0n) is 26.6. The first-order valence-electron chi connectivity index (χ1n) is 13.8. The summed E-state index contributed by atoms with van der Waals surface area (Å²) in [5, 5.41) is 0. The second-order valence-corrected chi connectivity index (χ2v) is 9.74. The molecule has 228 valence electrons. The Morgan fingerprint density at radius 1 is 0.261 bits per heavy atom. The molecule has 6 heteroatoms. The molecule has 0 aliphatic heterocycles.